The standard InChI is InChI=1S/C21H25N5O3/c1-14-9-11-25(12-10-14)20-22-18-17(19(28)24(3)21(29)23(18)2)26(20)13-16(27)15-7-5-4-6-8-15/h4-8,14H,9-13H2,1-3H3. The van der Waals surface area contributed by atoms with E-state index in [0.717, 1.165) is 30.5 Å². The predicted octanol–water partition coefficient (Wildman–Crippen LogP) is 1.55. The van der Waals surface area contributed by atoms with E-state index in [0.29, 0.717) is 23.1 Å². The summed E-state index contributed by atoms with van der Waals surface area (Å²) in [6.07, 6.45) is 2.04. The highest BCUT2D eigenvalue weighted by Crippen LogP contribution is 2.25. The number of ketones is 1. The molecule has 0 atom stereocenters. The number of hydrogen-bond acceptors (Lipinski definition) is 5. The molecular weight excluding hydrogens is 370 g/mol. The molecule has 0 unspecified atom stereocenters. The molecule has 0 amide bonds. The van der Waals surface area contributed by atoms with Crippen molar-refractivity contribution in [3.63, 3.8) is 0 Å². The fourth-order valence-electron chi connectivity index (χ4n) is 3.89. The normalized spacial score (nSPS) is 15.2. The van der Waals surface area contributed by atoms with Gasteiger partial charge in [0.15, 0.2) is 16.9 Å². The highest BCUT2D eigenvalue weighted by atomic mass is 16.2. The van der Waals surface area contributed by atoms with Crippen LogP contribution in [0, 0.1) is 5.92 Å². The summed E-state index contributed by atoms with van der Waals surface area (Å²) in [6, 6.07) is 9.01. The van der Waals surface area contributed by atoms with Crippen LogP contribution in [0.5, 0.6) is 0 Å². The van der Waals surface area contributed by atoms with Crippen molar-refractivity contribution in [3.05, 3.63) is 56.7 Å². The van der Waals surface area contributed by atoms with Crippen molar-refractivity contribution in [2.24, 2.45) is 20.0 Å². The summed E-state index contributed by atoms with van der Waals surface area (Å²) in [4.78, 5) is 45.0. The van der Waals surface area contributed by atoms with Crippen molar-refractivity contribution in [3.8, 4) is 0 Å². The molecule has 0 aliphatic carbocycles. The van der Waals surface area contributed by atoms with Crippen LogP contribution in [-0.2, 0) is 20.6 Å². The van der Waals surface area contributed by atoms with Gasteiger partial charge in [-0.15, -0.1) is 0 Å². The molecule has 8 nitrogen and oxygen atoms in total. The second-order valence-corrected chi connectivity index (χ2v) is 7.83. The maximum Gasteiger partial charge on any atom is 0.332 e. The topological polar surface area (TPSA) is 82.1 Å². The molecule has 8 heteroatoms. The zero-order valence-corrected chi connectivity index (χ0v) is 17.0. The van der Waals surface area contributed by atoms with Gasteiger partial charge in [0.1, 0.15) is 0 Å². The number of imidazole rings is 1. The van der Waals surface area contributed by atoms with Gasteiger partial charge >= 0.3 is 5.69 Å². The average Bonchev–Trinajstić information content (AvgIpc) is 3.11. The molecule has 1 aliphatic rings. The minimum Gasteiger partial charge on any atom is -0.342 e. The first kappa shape index (κ1) is 19.2. The number of anilines is 1. The number of fused-ring (bicyclic) bond motifs is 1. The molecule has 0 spiro atoms. The quantitative estimate of drug-likeness (QED) is 0.626. The summed E-state index contributed by atoms with van der Waals surface area (Å²) in [7, 11) is 3.05. The molecule has 3 aromatic rings. The number of carbonyl (C=O) groups excluding carboxylic acids is 1. The van der Waals surface area contributed by atoms with Crippen molar-refractivity contribution in [2.75, 3.05) is 18.0 Å². The van der Waals surface area contributed by atoms with Gasteiger partial charge in [0.2, 0.25) is 5.95 Å². The number of aromatic nitrogens is 4. The van der Waals surface area contributed by atoms with Gasteiger partial charge in [-0.3, -0.25) is 23.3 Å². The lowest BCUT2D eigenvalue weighted by atomic mass is 10.00. The fraction of sp³-hybridized carbons (Fsp3) is 0.429. The Morgan fingerprint density at radius 2 is 1.72 bits per heavy atom. The molecule has 0 bridgehead atoms. The largest absolute Gasteiger partial charge is 0.342 e. The third kappa shape index (κ3) is 3.28. The van der Waals surface area contributed by atoms with Crippen LogP contribution < -0.4 is 16.1 Å². The van der Waals surface area contributed by atoms with E-state index in [-0.39, 0.29) is 17.8 Å². The number of aryl methyl sites for hydroxylation is 1. The van der Waals surface area contributed by atoms with Crippen molar-refractivity contribution in [1.29, 1.82) is 0 Å². The van der Waals surface area contributed by atoms with Crippen LogP contribution in [0.3, 0.4) is 0 Å². The lowest BCUT2D eigenvalue weighted by molar-refractivity contribution is 0.0973. The van der Waals surface area contributed by atoms with Crippen LogP contribution in [0.2, 0.25) is 0 Å². The third-order valence-electron chi connectivity index (χ3n) is 5.79. The van der Waals surface area contributed by atoms with Crippen LogP contribution >= 0.6 is 0 Å². The molecule has 3 heterocycles. The van der Waals surface area contributed by atoms with Crippen LogP contribution in [0.4, 0.5) is 5.95 Å². The summed E-state index contributed by atoms with van der Waals surface area (Å²) in [5, 5.41) is 0. The van der Waals surface area contributed by atoms with Crippen LogP contribution in [-0.4, -0.2) is 37.6 Å². The Hall–Kier alpha value is -3.16. The van der Waals surface area contributed by atoms with Gasteiger partial charge in [0.25, 0.3) is 5.56 Å². The number of hydrogen-bond donors (Lipinski definition) is 0. The first-order valence-corrected chi connectivity index (χ1v) is 9.88. The van der Waals surface area contributed by atoms with Gasteiger partial charge in [-0.2, -0.15) is 4.98 Å². The lowest BCUT2D eigenvalue weighted by Crippen LogP contribution is -2.38. The Morgan fingerprint density at radius 3 is 2.38 bits per heavy atom. The predicted molar refractivity (Wildman–Crippen MR) is 112 cm³/mol. The third-order valence-corrected chi connectivity index (χ3v) is 5.79. The van der Waals surface area contributed by atoms with Crippen molar-refractivity contribution < 1.29 is 4.79 Å². The number of nitrogens with zero attached hydrogens (tertiary/aromatic N) is 5. The second kappa shape index (κ2) is 7.35. The van der Waals surface area contributed by atoms with Crippen LogP contribution in [0.25, 0.3) is 11.2 Å². The molecule has 1 aliphatic heterocycles. The van der Waals surface area contributed by atoms with Gasteiger partial charge in [0.05, 0.1) is 6.54 Å². The first-order valence-electron chi connectivity index (χ1n) is 9.88. The van der Waals surface area contributed by atoms with E-state index in [4.69, 9.17) is 0 Å². The molecule has 0 saturated carbocycles. The Kier molecular flexibility index (Phi) is 4.86. The van der Waals surface area contributed by atoms with Gasteiger partial charge in [-0.25, -0.2) is 4.79 Å². The minimum atomic E-state index is -0.437. The minimum absolute atomic E-state index is 0.00462. The Bertz CT molecular complexity index is 1180. The van der Waals surface area contributed by atoms with E-state index in [1.807, 2.05) is 18.2 Å². The number of carbonyl (C=O) groups is 1. The molecule has 1 saturated heterocycles. The molecule has 1 aromatic carbocycles. The highest BCUT2D eigenvalue weighted by molar-refractivity contribution is 5.96. The molecule has 1 fully saturated rings. The first-order chi connectivity index (χ1) is 13.9. The number of benzene rings is 1. The number of rotatable bonds is 4. The molecule has 0 N–H and O–H groups in total. The smallest absolute Gasteiger partial charge is 0.332 e. The van der Waals surface area contributed by atoms with E-state index in [9.17, 15) is 14.4 Å². The fourth-order valence-corrected chi connectivity index (χ4v) is 3.89. The SMILES string of the molecule is CC1CCN(c2nc3c(c(=O)n(C)c(=O)n3C)n2CC(=O)c2ccccc2)CC1. The van der Waals surface area contributed by atoms with E-state index < -0.39 is 11.2 Å². The molecular formula is C21H25N5O3. The second-order valence-electron chi connectivity index (χ2n) is 7.83. The van der Waals surface area contributed by atoms with E-state index >= 15 is 0 Å². The zero-order valence-electron chi connectivity index (χ0n) is 17.0. The van der Waals surface area contributed by atoms with E-state index in [2.05, 4.69) is 16.8 Å². The highest BCUT2D eigenvalue weighted by Gasteiger charge is 2.26. The van der Waals surface area contributed by atoms with Crippen molar-refractivity contribution >= 4 is 22.9 Å². The summed E-state index contributed by atoms with van der Waals surface area (Å²) in [5.41, 5.74) is 0.308. The summed E-state index contributed by atoms with van der Waals surface area (Å²) < 4.78 is 4.12. The lowest BCUT2D eigenvalue weighted by Gasteiger charge is -2.31. The summed E-state index contributed by atoms with van der Waals surface area (Å²) in [5.74, 6) is 1.11. The molecule has 152 valence electrons. The summed E-state index contributed by atoms with van der Waals surface area (Å²) >= 11 is 0. The van der Waals surface area contributed by atoms with Crippen LogP contribution in [0.15, 0.2) is 39.9 Å². The maximum atomic E-state index is 12.9. The van der Waals surface area contributed by atoms with Gasteiger partial charge in [-0.1, -0.05) is 37.3 Å². The summed E-state index contributed by atoms with van der Waals surface area (Å²) in [6.45, 7) is 3.82. The molecule has 2 aromatic heterocycles. The van der Waals surface area contributed by atoms with E-state index in [1.165, 1.54) is 11.6 Å². The van der Waals surface area contributed by atoms with Crippen molar-refractivity contribution in [1.82, 2.24) is 18.7 Å². The van der Waals surface area contributed by atoms with Gasteiger partial charge < -0.3 is 4.90 Å². The maximum absolute atomic E-state index is 12.9. The Morgan fingerprint density at radius 1 is 1.07 bits per heavy atom. The van der Waals surface area contributed by atoms with Crippen LogP contribution in [0.1, 0.15) is 30.1 Å². The number of piperidine rings is 1. The monoisotopic (exact) mass is 395 g/mol. The van der Waals surface area contributed by atoms with E-state index in [1.54, 1.807) is 23.7 Å². The van der Waals surface area contributed by atoms with Crippen molar-refractivity contribution in [2.45, 2.75) is 26.3 Å². The molecule has 29 heavy (non-hydrogen) atoms. The molecule has 4 rings (SSSR count). The van der Waals surface area contributed by atoms with Gasteiger partial charge in [0, 0.05) is 32.7 Å². The van der Waals surface area contributed by atoms with Gasteiger partial charge in [-0.05, 0) is 18.8 Å². The zero-order chi connectivity index (χ0) is 20.7. The Balaban J connectivity index is 1.89. The Labute approximate surface area is 168 Å². The molecule has 0 radical (unpaired) electrons. The number of Topliss-reactive ketones (excluding diaryl/α,β-unsaturated/α-hetero) is 1. The average molecular weight is 395 g/mol.